The molecule has 0 atom stereocenters. The van der Waals surface area contributed by atoms with Gasteiger partial charge in [0, 0.05) is 28.3 Å². The number of rotatable bonds is 2. The number of aryl methyl sites for hydroxylation is 1. The monoisotopic (exact) mass is 352 g/mol. The minimum Gasteiger partial charge on any atom is -0.508 e. The third kappa shape index (κ3) is 2.79. The van der Waals surface area contributed by atoms with Crippen molar-refractivity contribution in [2.75, 3.05) is 6.61 Å². The van der Waals surface area contributed by atoms with Crippen molar-refractivity contribution in [3.05, 3.63) is 46.5 Å². The molecule has 0 bridgehead atoms. The Bertz CT molecular complexity index is 909. The number of phenolic OH excluding ortho intramolecular Hbond substituents is 2. The van der Waals surface area contributed by atoms with Crippen molar-refractivity contribution in [3.8, 4) is 23.0 Å². The largest absolute Gasteiger partial charge is 0.508 e. The highest BCUT2D eigenvalue weighted by Crippen LogP contribution is 2.44. The predicted octanol–water partition coefficient (Wildman–Crippen LogP) is 4.70. The highest BCUT2D eigenvalue weighted by molar-refractivity contribution is 5.88. The molecule has 0 aliphatic carbocycles. The summed E-state index contributed by atoms with van der Waals surface area (Å²) in [6, 6.07) is 7.27. The highest BCUT2D eigenvalue weighted by atomic mass is 16.5. The van der Waals surface area contributed by atoms with Gasteiger partial charge >= 0.3 is 0 Å². The van der Waals surface area contributed by atoms with E-state index in [0.29, 0.717) is 18.6 Å². The Morgan fingerprint density at radius 1 is 1.12 bits per heavy atom. The van der Waals surface area contributed by atoms with Crippen LogP contribution in [0, 0.1) is 0 Å². The van der Waals surface area contributed by atoms with Crippen LogP contribution in [0.15, 0.2) is 24.3 Å². The van der Waals surface area contributed by atoms with Gasteiger partial charge in [-0.05, 0) is 62.9 Å². The zero-order valence-electron chi connectivity index (χ0n) is 15.4. The van der Waals surface area contributed by atoms with Crippen LogP contribution in [0.4, 0.5) is 0 Å². The number of hydrogen-bond acceptors (Lipinski definition) is 4. The van der Waals surface area contributed by atoms with Gasteiger partial charge in [-0.25, -0.2) is 0 Å². The maximum Gasteiger partial charge on any atom is 0.133 e. The van der Waals surface area contributed by atoms with E-state index in [1.165, 1.54) is 6.07 Å². The first kappa shape index (κ1) is 16.8. The van der Waals surface area contributed by atoms with Gasteiger partial charge in [-0.15, -0.1) is 0 Å². The molecular weight excluding hydrogens is 328 g/mol. The second kappa shape index (κ2) is 5.97. The summed E-state index contributed by atoms with van der Waals surface area (Å²) >= 11 is 0. The van der Waals surface area contributed by atoms with Gasteiger partial charge in [0.2, 0.25) is 0 Å². The highest BCUT2D eigenvalue weighted by Gasteiger charge is 2.30. The first-order valence-corrected chi connectivity index (χ1v) is 9.11. The van der Waals surface area contributed by atoms with E-state index >= 15 is 0 Å². The topological polar surface area (TPSA) is 58.9 Å². The van der Waals surface area contributed by atoms with Crippen LogP contribution >= 0.6 is 0 Å². The molecule has 136 valence electrons. The summed E-state index contributed by atoms with van der Waals surface area (Å²) < 4.78 is 12.2. The molecule has 2 heterocycles. The lowest BCUT2D eigenvalue weighted by atomic mass is 9.90. The molecule has 4 nitrogen and oxygen atoms in total. The molecule has 4 rings (SSSR count). The van der Waals surface area contributed by atoms with Crippen molar-refractivity contribution in [1.29, 1.82) is 0 Å². The summed E-state index contributed by atoms with van der Waals surface area (Å²) in [6.07, 6.45) is 4.64. The van der Waals surface area contributed by atoms with Crippen LogP contribution in [0.3, 0.4) is 0 Å². The fraction of sp³-hybridized carbons (Fsp3) is 0.364. The van der Waals surface area contributed by atoms with E-state index in [1.54, 1.807) is 0 Å². The van der Waals surface area contributed by atoms with Crippen molar-refractivity contribution >= 4 is 11.6 Å². The van der Waals surface area contributed by atoms with Crippen LogP contribution < -0.4 is 9.47 Å². The molecule has 0 fully saturated rings. The fourth-order valence-corrected chi connectivity index (χ4v) is 3.72. The number of fused-ring (bicyclic) bond motifs is 3. The normalized spacial score (nSPS) is 17.4. The molecule has 2 aliphatic heterocycles. The van der Waals surface area contributed by atoms with Crippen LogP contribution in [0.2, 0.25) is 0 Å². The predicted molar refractivity (Wildman–Crippen MR) is 102 cm³/mol. The Balaban J connectivity index is 1.76. The molecule has 0 unspecified atom stereocenters. The SMILES string of the molecule is CCc1cc(C2=Cc3ccc4c(c3OC2)CCC(C)(C)O4)c(O)cc1O. The minimum atomic E-state index is -0.148. The van der Waals surface area contributed by atoms with Crippen molar-refractivity contribution in [3.63, 3.8) is 0 Å². The lowest BCUT2D eigenvalue weighted by Gasteiger charge is -2.34. The molecule has 26 heavy (non-hydrogen) atoms. The zero-order chi connectivity index (χ0) is 18.5. The van der Waals surface area contributed by atoms with E-state index in [2.05, 4.69) is 19.9 Å². The first-order chi connectivity index (χ1) is 12.4. The van der Waals surface area contributed by atoms with Gasteiger partial charge in [0.05, 0.1) is 0 Å². The minimum absolute atomic E-state index is 0.0704. The van der Waals surface area contributed by atoms with Crippen molar-refractivity contribution in [2.45, 2.75) is 45.6 Å². The van der Waals surface area contributed by atoms with E-state index in [0.717, 1.165) is 46.6 Å². The Morgan fingerprint density at radius 3 is 2.69 bits per heavy atom. The average Bonchev–Trinajstić information content (AvgIpc) is 2.60. The molecular formula is C22H24O4. The molecule has 2 aromatic carbocycles. The summed E-state index contributed by atoms with van der Waals surface area (Å²) in [4.78, 5) is 0. The molecule has 0 saturated heterocycles. The molecule has 2 N–H and O–H groups in total. The van der Waals surface area contributed by atoms with Gasteiger partial charge < -0.3 is 19.7 Å². The standard InChI is InChI=1S/C22H24O4/c1-4-13-10-17(19(24)11-18(13)23)15-9-14-5-6-20-16(21(14)25-12-15)7-8-22(2,3)26-20/h5-6,9-11,23-24H,4,7-8,12H2,1-3H3. The Hall–Kier alpha value is -2.62. The van der Waals surface area contributed by atoms with Crippen molar-refractivity contribution in [2.24, 2.45) is 0 Å². The van der Waals surface area contributed by atoms with Crippen molar-refractivity contribution < 1.29 is 19.7 Å². The number of hydrogen-bond donors (Lipinski definition) is 2. The number of benzene rings is 2. The summed E-state index contributed by atoms with van der Waals surface area (Å²) in [5, 5.41) is 20.2. The van der Waals surface area contributed by atoms with Gasteiger partial charge in [0.1, 0.15) is 35.2 Å². The van der Waals surface area contributed by atoms with E-state index in [1.807, 2.05) is 25.1 Å². The van der Waals surface area contributed by atoms with E-state index in [9.17, 15) is 10.2 Å². The molecule has 4 heteroatoms. The number of ether oxygens (including phenoxy) is 2. The molecule has 0 amide bonds. The molecule has 2 aromatic rings. The van der Waals surface area contributed by atoms with Gasteiger partial charge in [-0.1, -0.05) is 6.92 Å². The average molecular weight is 352 g/mol. The maximum atomic E-state index is 10.3. The summed E-state index contributed by atoms with van der Waals surface area (Å²) in [6.45, 7) is 6.57. The Labute approximate surface area is 153 Å². The molecule has 0 saturated carbocycles. The van der Waals surface area contributed by atoms with Crippen LogP contribution in [0.25, 0.3) is 11.6 Å². The lowest BCUT2D eigenvalue weighted by Crippen LogP contribution is -2.33. The summed E-state index contributed by atoms with van der Waals surface area (Å²) in [5.41, 5.74) is 4.40. The second-order valence-electron chi connectivity index (χ2n) is 7.63. The van der Waals surface area contributed by atoms with E-state index in [-0.39, 0.29) is 17.1 Å². The third-order valence-corrected chi connectivity index (χ3v) is 5.24. The maximum absolute atomic E-state index is 10.3. The van der Waals surface area contributed by atoms with Gasteiger partial charge in [0.25, 0.3) is 0 Å². The molecule has 0 aromatic heterocycles. The number of aromatic hydroxyl groups is 2. The second-order valence-corrected chi connectivity index (χ2v) is 7.63. The van der Waals surface area contributed by atoms with E-state index in [4.69, 9.17) is 9.47 Å². The first-order valence-electron chi connectivity index (χ1n) is 9.11. The Kier molecular flexibility index (Phi) is 3.87. The quantitative estimate of drug-likeness (QED) is 0.823. The molecule has 0 radical (unpaired) electrons. The van der Waals surface area contributed by atoms with Crippen LogP contribution in [-0.2, 0) is 12.8 Å². The van der Waals surface area contributed by atoms with Crippen LogP contribution in [0.1, 0.15) is 49.4 Å². The van der Waals surface area contributed by atoms with Gasteiger partial charge in [-0.3, -0.25) is 0 Å². The van der Waals surface area contributed by atoms with Gasteiger partial charge in [-0.2, -0.15) is 0 Å². The summed E-state index contributed by atoms with van der Waals surface area (Å²) in [5.74, 6) is 1.98. The van der Waals surface area contributed by atoms with E-state index < -0.39 is 0 Å². The van der Waals surface area contributed by atoms with Crippen LogP contribution in [0.5, 0.6) is 23.0 Å². The Morgan fingerprint density at radius 2 is 1.92 bits per heavy atom. The smallest absolute Gasteiger partial charge is 0.133 e. The molecule has 0 spiro atoms. The third-order valence-electron chi connectivity index (χ3n) is 5.24. The zero-order valence-corrected chi connectivity index (χ0v) is 15.4. The number of phenols is 2. The van der Waals surface area contributed by atoms with Crippen molar-refractivity contribution in [1.82, 2.24) is 0 Å². The summed E-state index contributed by atoms with van der Waals surface area (Å²) in [7, 11) is 0. The fourth-order valence-electron chi connectivity index (χ4n) is 3.72. The lowest BCUT2D eigenvalue weighted by molar-refractivity contribution is 0.0834. The molecule has 2 aliphatic rings. The van der Waals surface area contributed by atoms with Gasteiger partial charge in [0.15, 0.2) is 0 Å². The van der Waals surface area contributed by atoms with Crippen LogP contribution in [-0.4, -0.2) is 22.4 Å².